The van der Waals surface area contributed by atoms with Crippen molar-refractivity contribution in [1.29, 1.82) is 0 Å². The summed E-state index contributed by atoms with van der Waals surface area (Å²) in [5.41, 5.74) is 0. The number of hydrogen-bond acceptors (Lipinski definition) is 6. The minimum Gasteiger partial charge on any atom is -0.822 e. The average Bonchev–Trinajstić information content (AvgIpc) is 1.61. The fraction of sp³-hybridized carbons (Fsp3) is 1.00. The number of hydrogen-bond donors (Lipinski definition) is 2. The smallest absolute Gasteiger partial charge is 0.822 e. The second kappa shape index (κ2) is 21.6. The molecule has 0 fully saturated rings. The monoisotopic (exact) mass is 290 g/mol. The van der Waals surface area contributed by atoms with Crippen molar-refractivity contribution in [3.05, 3.63) is 0 Å². The third kappa shape index (κ3) is 78.6. The molecule has 0 radical (unpaired) electrons. The summed E-state index contributed by atoms with van der Waals surface area (Å²) in [6, 6.07) is 0. The summed E-state index contributed by atoms with van der Waals surface area (Å²) < 4.78 is 8.55. The number of phosphoric acid groups is 1. The standard InChI is InChI=1S/C2H6OS.3K.H3O4P/c3-1-2-4;;;;1-5(2,3)4/h3-4H,1-2H2;;;;(H3,1,2,3,4)/q;3*+1;/p-3. The van der Waals surface area contributed by atoms with Crippen molar-refractivity contribution in [2.24, 2.45) is 0 Å². The maximum absolute atomic E-state index is 8.55. The summed E-state index contributed by atoms with van der Waals surface area (Å²) >= 11 is 3.67. The van der Waals surface area contributed by atoms with Crippen molar-refractivity contribution < 1.29 is 179 Å². The molecule has 12 heavy (non-hydrogen) atoms. The third-order valence-corrected chi connectivity index (χ3v) is 0.300. The minimum atomic E-state index is -5.39. The maximum Gasteiger partial charge on any atom is 1.00 e. The van der Waals surface area contributed by atoms with E-state index in [9.17, 15) is 0 Å². The Kier molecular flexibility index (Phi) is 54.7. The third-order valence-electron chi connectivity index (χ3n) is 0.1000. The first-order valence-electron chi connectivity index (χ1n) is 1.86. The van der Waals surface area contributed by atoms with Crippen LogP contribution in [0.2, 0.25) is 0 Å². The van der Waals surface area contributed by atoms with Gasteiger partial charge in [0.05, 0.1) is 6.61 Å². The predicted octanol–water partition coefficient (Wildman–Crippen LogP) is -11.9. The molecule has 0 unspecified atom stereocenters. The molecule has 0 bridgehead atoms. The van der Waals surface area contributed by atoms with Crippen LogP contribution < -0.4 is 169 Å². The average molecular weight is 290 g/mol. The summed E-state index contributed by atoms with van der Waals surface area (Å²) in [5.74, 6) is 0.569. The van der Waals surface area contributed by atoms with Crippen LogP contribution in [0, 0.1) is 0 Å². The molecule has 1 N–H and O–H groups in total. The predicted molar refractivity (Wildman–Crippen MR) is 28.5 cm³/mol. The second-order valence-electron chi connectivity index (χ2n) is 0.894. The zero-order valence-electron chi connectivity index (χ0n) is 7.39. The van der Waals surface area contributed by atoms with E-state index < -0.39 is 7.82 Å². The number of aliphatic hydroxyl groups excluding tert-OH is 1. The van der Waals surface area contributed by atoms with Gasteiger partial charge in [0.1, 0.15) is 0 Å². The van der Waals surface area contributed by atoms with Gasteiger partial charge in [0.15, 0.2) is 0 Å². The molecular formula is C2H6K3O5PS. The molecule has 0 atom stereocenters. The molecule has 10 heteroatoms. The summed E-state index contributed by atoms with van der Waals surface area (Å²) in [6.07, 6.45) is 0. The molecule has 0 aromatic heterocycles. The van der Waals surface area contributed by atoms with Crippen LogP contribution in [0.25, 0.3) is 0 Å². The van der Waals surface area contributed by atoms with Gasteiger partial charge in [-0.25, -0.2) is 0 Å². The molecule has 0 saturated heterocycles. The number of thiol groups is 1. The Labute approximate surface area is 205 Å². The normalized spacial score (nSPS) is 7.42. The summed E-state index contributed by atoms with van der Waals surface area (Å²) in [4.78, 5) is 25.6. The van der Waals surface area contributed by atoms with Crippen LogP contribution in [0.4, 0.5) is 0 Å². The molecule has 58 valence electrons. The first kappa shape index (κ1) is 30.4. The molecule has 0 heterocycles. The molecule has 0 amide bonds. The Morgan fingerprint density at radius 2 is 1.25 bits per heavy atom. The van der Waals surface area contributed by atoms with Crippen molar-refractivity contribution in [3.8, 4) is 0 Å². The van der Waals surface area contributed by atoms with Crippen molar-refractivity contribution in [3.63, 3.8) is 0 Å². The van der Waals surface area contributed by atoms with Crippen molar-refractivity contribution in [2.75, 3.05) is 12.4 Å². The Bertz CT molecular complexity index is 88.4. The van der Waals surface area contributed by atoms with Crippen LogP contribution in [0.3, 0.4) is 0 Å². The van der Waals surface area contributed by atoms with Gasteiger partial charge in [0, 0.05) is 5.75 Å². The van der Waals surface area contributed by atoms with Crippen LogP contribution >= 0.6 is 20.5 Å². The van der Waals surface area contributed by atoms with Gasteiger partial charge >= 0.3 is 154 Å². The molecule has 0 saturated carbocycles. The van der Waals surface area contributed by atoms with E-state index in [1.165, 1.54) is 0 Å². The van der Waals surface area contributed by atoms with Crippen LogP contribution in [-0.2, 0) is 4.57 Å². The van der Waals surface area contributed by atoms with E-state index in [0.29, 0.717) is 5.75 Å². The van der Waals surface area contributed by atoms with Gasteiger partial charge in [-0.2, -0.15) is 20.5 Å². The molecule has 0 rings (SSSR count). The van der Waals surface area contributed by atoms with E-state index in [-0.39, 0.29) is 161 Å². The fourth-order valence-electron chi connectivity index (χ4n) is 0. The first-order valence-corrected chi connectivity index (χ1v) is 3.96. The molecule has 0 aliphatic heterocycles. The zero-order chi connectivity index (χ0) is 7.91. The van der Waals surface area contributed by atoms with Crippen LogP contribution in [0.1, 0.15) is 0 Å². The van der Waals surface area contributed by atoms with Gasteiger partial charge in [-0.3, -0.25) is 0 Å². The molecule has 0 aliphatic rings. The molecule has 5 nitrogen and oxygen atoms in total. The summed E-state index contributed by atoms with van der Waals surface area (Å²) in [6.45, 7) is 0.184. The second-order valence-corrected chi connectivity index (χ2v) is 2.24. The quantitative estimate of drug-likeness (QED) is 0.283. The van der Waals surface area contributed by atoms with Gasteiger partial charge in [0.25, 0.3) is 0 Å². The SMILES string of the molecule is O=P([O-])([O-])[O-].OCCS.[K+].[K+].[K+]. The number of aliphatic hydroxyl groups is 1. The number of rotatable bonds is 1. The van der Waals surface area contributed by atoms with E-state index in [1.54, 1.807) is 0 Å². The van der Waals surface area contributed by atoms with Crippen LogP contribution in [-0.4, -0.2) is 17.5 Å². The van der Waals surface area contributed by atoms with E-state index in [4.69, 9.17) is 24.4 Å². The van der Waals surface area contributed by atoms with E-state index in [1.807, 2.05) is 0 Å². The van der Waals surface area contributed by atoms with Gasteiger partial charge in [-0.05, 0) is 0 Å². The minimum absolute atomic E-state index is 0. The molecular weight excluding hydrogens is 284 g/mol. The van der Waals surface area contributed by atoms with Gasteiger partial charge < -0.3 is 24.4 Å². The molecule has 0 aromatic rings. The largest absolute Gasteiger partial charge is 1.00 e. The van der Waals surface area contributed by atoms with Gasteiger partial charge in [-0.1, -0.05) is 0 Å². The van der Waals surface area contributed by atoms with Gasteiger partial charge in [-0.15, -0.1) is 0 Å². The van der Waals surface area contributed by atoms with Crippen LogP contribution in [0.5, 0.6) is 0 Å². The Morgan fingerprint density at radius 3 is 1.25 bits per heavy atom. The zero-order valence-corrected chi connectivity index (χ0v) is 18.5. The van der Waals surface area contributed by atoms with Crippen molar-refractivity contribution in [2.45, 2.75) is 0 Å². The van der Waals surface area contributed by atoms with Gasteiger partial charge in [0.2, 0.25) is 0 Å². The van der Waals surface area contributed by atoms with Crippen molar-refractivity contribution >= 4 is 20.5 Å². The Balaban J connectivity index is -0.0000000221. The summed E-state index contributed by atoms with van der Waals surface area (Å²) in [7, 11) is -5.39. The van der Waals surface area contributed by atoms with E-state index in [0.717, 1.165) is 0 Å². The topological polar surface area (TPSA) is 106 Å². The van der Waals surface area contributed by atoms with Crippen LogP contribution in [0.15, 0.2) is 0 Å². The maximum atomic E-state index is 8.55. The first-order chi connectivity index (χ1) is 3.91. The Morgan fingerprint density at radius 1 is 1.17 bits per heavy atom. The van der Waals surface area contributed by atoms with E-state index >= 15 is 0 Å². The summed E-state index contributed by atoms with van der Waals surface area (Å²) in [5, 5.41) is 7.80. The molecule has 0 aliphatic carbocycles. The molecule has 0 spiro atoms. The molecule has 0 aromatic carbocycles. The van der Waals surface area contributed by atoms with E-state index in [2.05, 4.69) is 12.6 Å². The Hall–Kier alpha value is 5.33. The van der Waals surface area contributed by atoms with Crippen molar-refractivity contribution in [1.82, 2.24) is 0 Å². The fourth-order valence-corrected chi connectivity index (χ4v) is 0.